The van der Waals surface area contributed by atoms with Crippen molar-refractivity contribution in [2.24, 2.45) is 0 Å². The van der Waals surface area contributed by atoms with Crippen LogP contribution in [-0.2, 0) is 0 Å². The van der Waals surface area contributed by atoms with Crippen LogP contribution < -0.4 is 0 Å². The zero-order valence-electron chi connectivity index (χ0n) is 17.1. The molecule has 0 fully saturated rings. The second-order valence-corrected chi connectivity index (χ2v) is 8.35. The molecule has 1 unspecified atom stereocenters. The van der Waals surface area contributed by atoms with E-state index >= 15 is 0 Å². The van der Waals surface area contributed by atoms with Gasteiger partial charge in [0.1, 0.15) is 0 Å². The molecule has 0 aliphatic heterocycles. The molecule has 0 aromatic carbocycles. The van der Waals surface area contributed by atoms with Crippen LogP contribution in [0.15, 0.2) is 0 Å². The summed E-state index contributed by atoms with van der Waals surface area (Å²) in [5, 5.41) is 0. The highest BCUT2D eigenvalue weighted by Gasteiger charge is 2.16. The van der Waals surface area contributed by atoms with Gasteiger partial charge in [0.25, 0.3) is 0 Å². The molecule has 142 valence electrons. The van der Waals surface area contributed by atoms with Gasteiger partial charge in [-0.25, -0.2) is 0 Å². The normalized spacial score (nSPS) is 12.9. The second kappa shape index (κ2) is 16.8. The average Bonchev–Trinajstić information content (AvgIpc) is 2.46. The third-order valence-electron chi connectivity index (χ3n) is 5.30. The molecule has 2 heteroatoms. The van der Waals surface area contributed by atoms with Crippen LogP contribution in [0.25, 0.3) is 0 Å². The van der Waals surface area contributed by atoms with Crippen molar-refractivity contribution in [2.45, 2.75) is 116 Å². The van der Waals surface area contributed by atoms with E-state index in [1.807, 2.05) is 0 Å². The molecular weight excluding hydrogens is 282 g/mol. The smallest absolute Gasteiger partial charge is 0.0855 e. The lowest BCUT2D eigenvalue weighted by atomic mass is 10.0. The molecule has 0 saturated carbocycles. The number of rotatable bonds is 16. The molecule has 1 atom stereocenters. The first-order chi connectivity index (χ1) is 10.5. The molecule has 0 spiro atoms. The van der Waals surface area contributed by atoms with Crippen LogP contribution in [0.5, 0.6) is 0 Å². The molecule has 23 heavy (non-hydrogen) atoms. The third kappa shape index (κ3) is 18.1. The Labute approximate surface area is 147 Å². The molecule has 0 radical (unpaired) electrons. The van der Waals surface area contributed by atoms with Gasteiger partial charge in [0.2, 0.25) is 0 Å². The SMILES string of the molecule is CCCCCCCCCCCCCCCCC(C)[N+](C)(C)C.[OH-]. The molecule has 0 rings (SSSR count). The predicted octanol–water partition coefficient (Wildman–Crippen LogP) is 6.78. The lowest BCUT2D eigenvalue weighted by Crippen LogP contribution is -2.43. The van der Waals surface area contributed by atoms with Crippen molar-refractivity contribution < 1.29 is 9.96 Å². The van der Waals surface area contributed by atoms with Crippen molar-refractivity contribution in [1.82, 2.24) is 0 Å². The lowest BCUT2D eigenvalue weighted by molar-refractivity contribution is -0.894. The maximum atomic E-state index is 2.39. The van der Waals surface area contributed by atoms with Crippen molar-refractivity contribution in [3.8, 4) is 0 Å². The Hall–Kier alpha value is -0.0800. The molecule has 0 bridgehead atoms. The fourth-order valence-electron chi connectivity index (χ4n) is 3.02. The third-order valence-corrected chi connectivity index (χ3v) is 5.30. The minimum absolute atomic E-state index is 0. The maximum absolute atomic E-state index is 2.39. The monoisotopic (exact) mass is 329 g/mol. The summed E-state index contributed by atoms with van der Waals surface area (Å²) in [6.07, 6.45) is 21.8. The van der Waals surface area contributed by atoms with Crippen LogP contribution in [0.1, 0.15) is 110 Å². The highest BCUT2D eigenvalue weighted by Crippen LogP contribution is 2.15. The second-order valence-electron chi connectivity index (χ2n) is 8.35. The Bertz CT molecular complexity index is 222. The van der Waals surface area contributed by atoms with E-state index in [2.05, 4.69) is 35.0 Å². The molecule has 0 aromatic heterocycles. The molecular formula is C21H47NO. The first-order valence-corrected chi connectivity index (χ1v) is 10.3. The molecule has 0 aromatic rings. The van der Waals surface area contributed by atoms with Crippen LogP contribution in [0.2, 0.25) is 0 Å². The van der Waals surface area contributed by atoms with E-state index in [0.29, 0.717) is 0 Å². The molecule has 0 heterocycles. The summed E-state index contributed by atoms with van der Waals surface area (Å²) in [7, 11) is 6.94. The zero-order chi connectivity index (χ0) is 16.7. The van der Waals surface area contributed by atoms with E-state index in [1.165, 1.54) is 96.3 Å². The van der Waals surface area contributed by atoms with Gasteiger partial charge in [-0.2, -0.15) is 0 Å². The van der Waals surface area contributed by atoms with E-state index in [9.17, 15) is 0 Å². The Morgan fingerprint density at radius 3 is 1.17 bits per heavy atom. The van der Waals surface area contributed by atoms with E-state index in [1.54, 1.807) is 0 Å². The van der Waals surface area contributed by atoms with Gasteiger partial charge in [-0.05, 0) is 19.8 Å². The van der Waals surface area contributed by atoms with Gasteiger partial charge in [-0.1, -0.05) is 90.4 Å². The fraction of sp³-hybridized carbons (Fsp3) is 1.00. The molecule has 2 nitrogen and oxygen atoms in total. The van der Waals surface area contributed by atoms with Crippen LogP contribution in [0, 0.1) is 0 Å². The van der Waals surface area contributed by atoms with Crippen molar-refractivity contribution in [1.29, 1.82) is 0 Å². The molecule has 0 aliphatic carbocycles. The minimum atomic E-state index is 0. The predicted molar refractivity (Wildman–Crippen MR) is 104 cm³/mol. The van der Waals surface area contributed by atoms with Crippen LogP contribution in [0.3, 0.4) is 0 Å². The zero-order valence-corrected chi connectivity index (χ0v) is 17.1. The van der Waals surface area contributed by atoms with Crippen LogP contribution in [-0.4, -0.2) is 37.1 Å². The van der Waals surface area contributed by atoms with Crippen molar-refractivity contribution >= 4 is 0 Å². The van der Waals surface area contributed by atoms with Gasteiger partial charge in [0.05, 0.1) is 27.2 Å². The van der Waals surface area contributed by atoms with E-state index in [4.69, 9.17) is 0 Å². The average molecular weight is 330 g/mol. The number of nitrogens with zero attached hydrogens (tertiary/aromatic N) is 1. The first kappa shape index (κ1) is 25.2. The van der Waals surface area contributed by atoms with E-state index < -0.39 is 0 Å². The van der Waals surface area contributed by atoms with Gasteiger partial charge in [-0.15, -0.1) is 0 Å². The van der Waals surface area contributed by atoms with Gasteiger partial charge in [-0.3, -0.25) is 0 Å². The van der Waals surface area contributed by atoms with Gasteiger partial charge >= 0.3 is 0 Å². The lowest BCUT2D eigenvalue weighted by Gasteiger charge is -2.31. The van der Waals surface area contributed by atoms with Crippen molar-refractivity contribution in [2.75, 3.05) is 21.1 Å². The molecule has 0 amide bonds. The summed E-state index contributed by atoms with van der Waals surface area (Å²) in [5.74, 6) is 0. The fourth-order valence-corrected chi connectivity index (χ4v) is 3.02. The van der Waals surface area contributed by atoms with E-state index in [0.717, 1.165) is 10.5 Å². The minimum Gasteiger partial charge on any atom is -0.870 e. The molecule has 0 aliphatic rings. The van der Waals surface area contributed by atoms with Gasteiger partial charge in [0.15, 0.2) is 0 Å². The summed E-state index contributed by atoms with van der Waals surface area (Å²) >= 11 is 0. The van der Waals surface area contributed by atoms with Crippen molar-refractivity contribution in [3.63, 3.8) is 0 Å². The largest absolute Gasteiger partial charge is 0.870 e. The number of hydrogen-bond donors (Lipinski definition) is 0. The number of hydrogen-bond acceptors (Lipinski definition) is 1. The highest BCUT2D eigenvalue weighted by molar-refractivity contribution is 4.53. The maximum Gasteiger partial charge on any atom is 0.0855 e. The Morgan fingerprint density at radius 1 is 0.565 bits per heavy atom. The summed E-state index contributed by atoms with van der Waals surface area (Å²) in [6, 6.07) is 0.803. The standard InChI is InChI=1S/C21H46N.H2O/c1-6-7-8-9-10-11-12-13-14-15-16-17-18-19-20-21(2)22(3,4)5;/h21H,6-20H2,1-5H3;1H2/q+1;/p-1. The Balaban J connectivity index is 0. The van der Waals surface area contributed by atoms with Crippen LogP contribution >= 0.6 is 0 Å². The summed E-state index contributed by atoms with van der Waals surface area (Å²) in [6.45, 7) is 4.69. The quantitative estimate of drug-likeness (QED) is 0.227. The van der Waals surface area contributed by atoms with Gasteiger partial charge < -0.3 is 9.96 Å². The summed E-state index contributed by atoms with van der Waals surface area (Å²) in [5.41, 5.74) is 0. The number of unbranched alkanes of at least 4 members (excludes halogenated alkanes) is 13. The van der Waals surface area contributed by atoms with Crippen molar-refractivity contribution in [3.05, 3.63) is 0 Å². The highest BCUT2D eigenvalue weighted by atomic mass is 16.0. The van der Waals surface area contributed by atoms with Gasteiger partial charge in [0, 0.05) is 0 Å². The first-order valence-electron chi connectivity index (χ1n) is 10.3. The Morgan fingerprint density at radius 2 is 0.870 bits per heavy atom. The summed E-state index contributed by atoms with van der Waals surface area (Å²) in [4.78, 5) is 0. The molecule has 1 N–H and O–H groups in total. The molecule has 0 saturated heterocycles. The number of quaternary nitrogens is 1. The Kier molecular flexibility index (Phi) is 18.3. The summed E-state index contributed by atoms with van der Waals surface area (Å²) < 4.78 is 1.11. The topological polar surface area (TPSA) is 30.0 Å². The van der Waals surface area contributed by atoms with Crippen LogP contribution in [0.4, 0.5) is 0 Å². The van der Waals surface area contributed by atoms with E-state index in [-0.39, 0.29) is 5.48 Å².